The van der Waals surface area contributed by atoms with E-state index >= 15 is 0 Å². The minimum absolute atomic E-state index is 0.129. The van der Waals surface area contributed by atoms with Crippen LogP contribution in [-0.2, 0) is 20.3 Å². The van der Waals surface area contributed by atoms with Crippen molar-refractivity contribution in [1.29, 1.82) is 0 Å². The van der Waals surface area contributed by atoms with Gasteiger partial charge in [0.05, 0.1) is 21.3 Å². The van der Waals surface area contributed by atoms with Crippen molar-refractivity contribution in [3.63, 3.8) is 0 Å². The zero-order chi connectivity index (χ0) is 17.5. The molecule has 124 valence electrons. The van der Waals surface area contributed by atoms with E-state index in [1.165, 1.54) is 18.4 Å². The first-order valence-electron chi connectivity index (χ1n) is 7.48. The molecule has 3 nitrogen and oxygen atoms in total. The smallest absolute Gasteiger partial charge is 0.210 e. The summed E-state index contributed by atoms with van der Waals surface area (Å²) in [5, 5.41) is 0. The van der Waals surface area contributed by atoms with Gasteiger partial charge in [0.2, 0.25) is 5.78 Å². The third-order valence-electron chi connectivity index (χ3n) is 3.92. The van der Waals surface area contributed by atoms with Crippen molar-refractivity contribution >= 4 is 27.9 Å². The van der Waals surface area contributed by atoms with Gasteiger partial charge in [0.25, 0.3) is 0 Å². The van der Waals surface area contributed by atoms with Crippen LogP contribution in [0.2, 0.25) is 0 Å². The number of carbonyl (C=O) groups excluding carboxylic acids is 1. The minimum atomic E-state index is -1.42. The molecule has 0 aliphatic carbocycles. The third-order valence-corrected chi connectivity index (χ3v) is 4.87. The number of hydrogen-bond acceptors (Lipinski definition) is 3. The summed E-state index contributed by atoms with van der Waals surface area (Å²) in [6.45, 7) is 3.38. The topological polar surface area (TPSA) is 43.4 Å². The average Bonchev–Trinajstić information content (AvgIpc) is 2.78. The quantitative estimate of drug-likeness (QED) is 0.850. The Balaban J connectivity index is 2.19. The van der Waals surface area contributed by atoms with Gasteiger partial charge in [-0.1, -0.05) is 30.3 Å². The number of rotatable bonds is 3. The van der Waals surface area contributed by atoms with Crippen LogP contribution in [0.25, 0.3) is 11.3 Å². The third kappa shape index (κ3) is 2.80. The lowest BCUT2D eigenvalue weighted by Crippen LogP contribution is -2.29. The highest BCUT2D eigenvalue weighted by atomic mass is 32.2. The minimum Gasteiger partial charge on any atom is -0.478 e. The van der Waals surface area contributed by atoms with Crippen molar-refractivity contribution in [3.8, 4) is 0 Å². The number of ketones is 1. The second-order valence-corrected chi connectivity index (χ2v) is 7.46. The highest BCUT2D eigenvalue weighted by molar-refractivity contribution is 7.84. The van der Waals surface area contributed by atoms with E-state index in [1.807, 2.05) is 30.3 Å². The van der Waals surface area contributed by atoms with Crippen LogP contribution in [0.4, 0.5) is 4.39 Å². The average molecular weight is 344 g/mol. The molecular formula is C19H17FO3S. The molecule has 2 aromatic carbocycles. The van der Waals surface area contributed by atoms with Crippen LogP contribution >= 0.6 is 0 Å². The monoisotopic (exact) mass is 344 g/mol. The zero-order valence-electron chi connectivity index (χ0n) is 13.6. The lowest BCUT2D eigenvalue weighted by atomic mass is 9.93. The van der Waals surface area contributed by atoms with Gasteiger partial charge >= 0.3 is 0 Å². The SMILES string of the molecule is CS(=O)c1ccc(C2=C(c3ccccc3)C(=O)C(C)(C)O2)cc1F. The first-order valence-corrected chi connectivity index (χ1v) is 9.04. The predicted octanol–water partition coefficient (Wildman–Crippen LogP) is 3.81. The Labute approximate surface area is 142 Å². The van der Waals surface area contributed by atoms with Crippen LogP contribution in [0, 0.1) is 5.82 Å². The highest BCUT2D eigenvalue weighted by Crippen LogP contribution is 2.41. The fourth-order valence-electron chi connectivity index (χ4n) is 2.70. The van der Waals surface area contributed by atoms with Crippen molar-refractivity contribution in [2.75, 3.05) is 6.26 Å². The van der Waals surface area contributed by atoms with Gasteiger partial charge in [0.15, 0.2) is 5.60 Å². The van der Waals surface area contributed by atoms with E-state index in [0.717, 1.165) is 5.56 Å². The van der Waals surface area contributed by atoms with Crippen molar-refractivity contribution in [2.24, 2.45) is 0 Å². The predicted molar refractivity (Wildman–Crippen MR) is 92.2 cm³/mol. The fraction of sp³-hybridized carbons (Fsp3) is 0.211. The molecule has 3 rings (SSSR count). The summed E-state index contributed by atoms with van der Waals surface area (Å²) in [5.41, 5.74) is 0.611. The van der Waals surface area contributed by atoms with Crippen LogP contribution in [0.15, 0.2) is 53.4 Å². The number of carbonyl (C=O) groups is 1. The number of ether oxygens (including phenoxy) is 1. The number of hydrogen-bond donors (Lipinski definition) is 0. The first kappa shape index (κ1) is 16.6. The van der Waals surface area contributed by atoms with Gasteiger partial charge in [-0.3, -0.25) is 9.00 Å². The lowest BCUT2D eigenvalue weighted by molar-refractivity contribution is -0.125. The molecule has 2 aromatic rings. The molecule has 0 radical (unpaired) electrons. The highest BCUT2D eigenvalue weighted by Gasteiger charge is 2.42. The van der Waals surface area contributed by atoms with Crippen molar-refractivity contribution in [3.05, 3.63) is 65.5 Å². The van der Waals surface area contributed by atoms with Crippen LogP contribution in [-0.4, -0.2) is 21.8 Å². The van der Waals surface area contributed by atoms with Crippen molar-refractivity contribution in [1.82, 2.24) is 0 Å². The van der Waals surface area contributed by atoms with E-state index in [-0.39, 0.29) is 10.7 Å². The zero-order valence-corrected chi connectivity index (χ0v) is 14.4. The number of benzene rings is 2. The van der Waals surface area contributed by atoms with E-state index in [4.69, 9.17) is 4.74 Å². The molecule has 0 saturated heterocycles. The Morgan fingerprint density at radius 3 is 2.29 bits per heavy atom. The molecule has 0 bridgehead atoms. The summed E-state index contributed by atoms with van der Waals surface area (Å²) in [5.74, 6) is -0.371. The molecule has 1 aliphatic rings. The fourth-order valence-corrected chi connectivity index (χ4v) is 3.30. The molecule has 1 unspecified atom stereocenters. The summed E-state index contributed by atoms with van der Waals surface area (Å²) in [6.07, 6.45) is 1.42. The van der Waals surface area contributed by atoms with Gasteiger partial charge in [0, 0.05) is 11.8 Å². The van der Waals surface area contributed by atoms with E-state index in [0.29, 0.717) is 16.9 Å². The summed E-state index contributed by atoms with van der Waals surface area (Å²) < 4.78 is 31.6. The molecule has 0 amide bonds. The largest absolute Gasteiger partial charge is 0.478 e. The molecule has 24 heavy (non-hydrogen) atoms. The molecule has 5 heteroatoms. The van der Waals surface area contributed by atoms with Gasteiger partial charge < -0.3 is 4.74 Å². The summed E-state index contributed by atoms with van der Waals surface area (Å²) in [7, 11) is -1.42. The molecular weight excluding hydrogens is 327 g/mol. The van der Waals surface area contributed by atoms with E-state index in [2.05, 4.69) is 0 Å². The molecule has 0 aromatic heterocycles. The second kappa shape index (κ2) is 5.98. The molecule has 1 aliphatic heterocycles. The van der Waals surface area contributed by atoms with Gasteiger partial charge in [-0.2, -0.15) is 0 Å². The van der Waals surface area contributed by atoms with E-state index < -0.39 is 22.2 Å². The van der Waals surface area contributed by atoms with Crippen LogP contribution in [0.5, 0.6) is 0 Å². The van der Waals surface area contributed by atoms with Gasteiger partial charge in [-0.05, 0) is 37.6 Å². The van der Waals surface area contributed by atoms with Gasteiger partial charge in [-0.25, -0.2) is 4.39 Å². The summed E-state index contributed by atoms with van der Waals surface area (Å²) in [4.78, 5) is 12.9. The lowest BCUT2D eigenvalue weighted by Gasteiger charge is -2.18. The maximum Gasteiger partial charge on any atom is 0.210 e. The maximum absolute atomic E-state index is 14.2. The normalized spacial score (nSPS) is 17.8. The van der Waals surface area contributed by atoms with Crippen LogP contribution in [0.1, 0.15) is 25.0 Å². The Kier molecular flexibility index (Phi) is 4.13. The van der Waals surface area contributed by atoms with Crippen molar-refractivity contribution < 1.29 is 18.1 Å². The Morgan fingerprint density at radius 2 is 1.71 bits per heavy atom. The number of Topliss-reactive ketones (excluding diaryl/α,β-unsaturated/α-hetero) is 1. The first-order chi connectivity index (χ1) is 11.3. The molecule has 0 N–H and O–H groups in total. The van der Waals surface area contributed by atoms with Crippen LogP contribution in [0.3, 0.4) is 0 Å². The Morgan fingerprint density at radius 1 is 1.04 bits per heavy atom. The summed E-state index contributed by atoms with van der Waals surface area (Å²) >= 11 is 0. The van der Waals surface area contributed by atoms with E-state index in [1.54, 1.807) is 19.9 Å². The summed E-state index contributed by atoms with van der Waals surface area (Å²) in [6, 6.07) is 13.5. The Bertz CT molecular complexity index is 869. The standard InChI is InChI=1S/C19H17FO3S/c1-19(2)18(21)16(12-7-5-4-6-8-12)17(23-19)13-9-10-15(24(3)22)14(20)11-13/h4-11H,1-3H3. The molecule has 0 saturated carbocycles. The number of halogens is 1. The molecule has 0 fully saturated rings. The van der Waals surface area contributed by atoms with Gasteiger partial charge in [0.1, 0.15) is 11.6 Å². The molecule has 1 heterocycles. The van der Waals surface area contributed by atoms with Gasteiger partial charge in [-0.15, -0.1) is 0 Å². The van der Waals surface area contributed by atoms with Crippen molar-refractivity contribution in [2.45, 2.75) is 24.3 Å². The van der Waals surface area contributed by atoms with Crippen LogP contribution < -0.4 is 0 Å². The molecule has 1 atom stereocenters. The molecule has 0 spiro atoms. The Hall–Kier alpha value is -2.27. The van der Waals surface area contributed by atoms with E-state index in [9.17, 15) is 13.4 Å². The second-order valence-electron chi connectivity index (χ2n) is 6.11. The maximum atomic E-state index is 14.2.